The van der Waals surface area contributed by atoms with Crippen LogP contribution in [0, 0.1) is 0 Å². The summed E-state index contributed by atoms with van der Waals surface area (Å²) in [6, 6.07) is 10.8. The van der Waals surface area contributed by atoms with Gasteiger partial charge in [0.1, 0.15) is 12.2 Å². The number of rotatable bonds is 5. The van der Waals surface area contributed by atoms with Crippen molar-refractivity contribution in [2.24, 2.45) is 0 Å². The van der Waals surface area contributed by atoms with E-state index in [0.29, 0.717) is 23.0 Å². The Hall–Kier alpha value is -2.74. The van der Waals surface area contributed by atoms with Crippen LogP contribution in [-0.4, -0.2) is 28.2 Å². The van der Waals surface area contributed by atoms with E-state index in [-0.39, 0.29) is 12.3 Å². The SMILES string of the molecule is COC(=O)Cc1nc(-c2ccc(Oc3ccccn3)cc2Br)no1. The lowest BCUT2D eigenvalue weighted by atomic mass is 10.2. The second-order valence-electron chi connectivity index (χ2n) is 4.68. The van der Waals surface area contributed by atoms with Crippen molar-refractivity contribution in [2.75, 3.05) is 7.11 Å². The fourth-order valence-electron chi connectivity index (χ4n) is 1.90. The third-order valence-corrected chi connectivity index (χ3v) is 3.69. The summed E-state index contributed by atoms with van der Waals surface area (Å²) < 4.78 is 16.0. The predicted octanol–water partition coefficient (Wildman–Crippen LogP) is 3.40. The van der Waals surface area contributed by atoms with Gasteiger partial charge in [-0.15, -0.1) is 0 Å². The molecular weight excluding hydrogens is 378 g/mol. The van der Waals surface area contributed by atoms with Crippen molar-refractivity contribution >= 4 is 21.9 Å². The average molecular weight is 390 g/mol. The van der Waals surface area contributed by atoms with Gasteiger partial charge in [-0.1, -0.05) is 11.2 Å². The van der Waals surface area contributed by atoms with Gasteiger partial charge in [0.2, 0.25) is 17.6 Å². The average Bonchev–Trinajstić information content (AvgIpc) is 3.04. The first kappa shape index (κ1) is 16.1. The molecule has 0 amide bonds. The molecule has 0 saturated carbocycles. The minimum absolute atomic E-state index is 0.0675. The summed E-state index contributed by atoms with van der Waals surface area (Å²) >= 11 is 3.46. The molecule has 0 N–H and O–H groups in total. The number of halogens is 1. The van der Waals surface area contributed by atoms with Crippen LogP contribution in [0.4, 0.5) is 0 Å². The fourth-order valence-corrected chi connectivity index (χ4v) is 2.44. The smallest absolute Gasteiger partial charge is 0.315 e. The summed E-state index contributed by atoms with van der Waals surface area (Å²) in [5.41, 5.74) is 0.711. The first-order valence-electron chi connectivity index (χ1n) is 6.94. The summed E-state index contributed by atoms with van der Waals surface area (Å²) in [4.78, 5) is 19.5. The standard InChI is InChI=1S/C16H12BrN3O4/c1-22-15(21)9-14-19-16(20-24-14)11-6-5-10(8-12(11)17)23-13-4-2-3-7-18-13/h2-8H,9H2,1H3. The van der Waals surface area contributed by atoms with E-state index in [1.54, 1.807) is 30.5 Å². The normalized spacial score (nSPS) is 10.4. The summed E-state index contributed by atoms with van der Waals surface area (Å²) in [7, 11) is 1.30. The number of aromatic nitrogens is 3. The van der Waals surface area contributed by atoms with Gasteiger partial charge in [-0.25, -0.2) is 4.98 Å². The Morgan fingerprint density at radius 3 is 2.88 bits per heavy atom. The van der Waals surface area contributed by atoms with E-state index < -0.39 is 5.97 Å². The molecule has 0 radical (unpaired) electrons. The molecule has 122 valence electrons. The Kier molecular flexibility index (Phi) is 4.85. The molecule has 3 rings (SSSR count). The van der Waals surface area contributed by atoms with Crippen LogP contribution in [0.5, 0.6) is 11.6 Å². The van der Waals surface area contributed by atoms with Crippen LogP contribution >= 0.6 is 15.9 Å². The highest BCUT2D eigenvalue weighted by molar-refractivity contribution is 9.10. The van der Waals surface area contributed by atoms with Crippen LogP contribution in [0.1, 0.15) is 5.89 Å². The monoisotopic (exact) mass is 389 g/mol. The molecule has 8 heteroatoms. The molecule has 24 heavy (non-hydrogen) atoms. The zero-order chi connectivity index (χ0) is 16.9. The quantitative estimate of drug-likeness (QED) is 0.617. The number of hydrogen-bond donors (Lipinski definition) is 0. The summed E-state index contributed by atoms with van der Waals surface area (Å²) in [5, 5.41) is 3.87. The number of carbonyl (C=O) groups is 1. The van der Waals surface area contributed by atoms with E-state index in [1.165, 1.54) is 7.11 Å². The molecule has 0 unspecified atom stereocenters. The molecule has 0 fully saturated rings. The molecule has 3 aromatic rings. The predicted molar refractivity (Wildman–Crippen MR) is 87.5 cm³/mol. The largest absolute Gasteiger partial charge is 0.469 e. The topological polar surface area (TPSA) is 87.3 Å². The van der Waals surface area contributed by atoms with E-state index in [1.807, 2.05) is 12.1 Å². The van der Waals surface area contributed by atoms with Gasteiger partial charge in [0, 0.05) is 22.3 Å². The van der Waals surface area contributed by atoms with Crippen LogP contribution in [0.25, 0.3) is 11.4 Å². The maximum absolute atomic E-state index is 11.2. The second kappa shape index (κ2) is 7.22. The molecule has 0 spiro atoms. The minimum atomic E-state index is -0.441. The summed E-state index contributed by atoms with van der Waals surface area (Å²) in [6.45, 7) is 0. The van der Waals surface area contributed by atoms with Crippen LogP contribution < -0.4 is 4.74 Å². The lowest BCUT2D eigenvalue weighted by Gasteiger charge is -2.06. The summed E-state index contributed by atoms with van der Waals surface area (Å²) in [6.07, 6.45) is 1.59. The van der Waals surface area contributed by atoms with Gasteiger partial charge in [-0.3, -0.25) is 4.79 Å². The molecule has 0 atom stereocenters. The van der Waals surface area contributed by atoms with Gasteiger partial charge in [0.05, 0.1) is 7.11 Å². The Bertz CT molecular complexity index is 852. The van der Waals surface area contributed by atoms with Crippen molar-refractivity contribution < 1.29 is 18.8 Å². The fraction of sp³-hybridized carbons (Fsp3) is 0.125. The maximum Gasteiger partial charge on any atom is 0.315 e. The Balaban J connectivity index is 1.79. The van der Waals surface area contributed by atoms with Gasteiger partial charge in [-0.2, -0.15) is 4.98 Å². The number of benzene rings is 1. The lowest BCUT2D eigenvalue weighted by Crippen LogP contribution is -2.04. The molecule has 0 saturated heterocycles. The Morgan fingerprint density at radius 2 is 2.17 bits per heavy atom. The third-order valence-electron chi connectivity index (χ3n) is 3.03. The van der Waals surface area contributed by atoms with Crippen molar-refractivity contribution in [3.63, 3.8) is 0 Å². The zero-order valence-corrected chi connectivity index (χ0v) is 14.2. The van der Waals surface area contributed by atoms with Crippen molar-refractivity contribution in [3.8, 4) is 23.0 Å². The molecular formula is C16H12BrN3O4. The highest BCUT2D eigenvalue weighted by Gasteiger charge is 2.15. The van der Waals surface area contributed by atoms with Crippen molar-refractivity contribution in [1.29, 1.82) is 0 Å². The van der Waals surface area contributed by atoms with Gasteiger partial charge in [0.25, 0.3) is 0 Å². The van der Waals surface area contributed by atoms with E-state index in [0.717, 1.165) is 4.47 Å². The maximum atomic E-state index is 11.2. The van der Waals surface area contributed by atoms with E-state index in [4.69, 9.17) is 9.26 Å². The van der Waals surface area contributed by atoms with Gasteiger partial charge in [0.15, 0.2) is 0 Å². The number of carbonyl (C=O) groups excluding carboxylic acids is 1. The number of nitrogens with zero attached hydrogens (tertiary/aromatic N) is 3. The van der Waals surface area contributed by atoms with Gasteiger partial charge in [-0.05, 0) is 40.2 Å². The molecule has 0 aliphatic heterocycles. The number of methoxy groups -OCH3 is 1. The van der Waals surface area contributed by atoms with E-state index >= 15 is 0 Å². The van der Waals surface area contributed by atoms with Crippen LogP contribution in [0.15, 0.2) is 51.6 Å². The first-order valence-corrected chi connectivity index (χ1v) is 7.73. The third kappa shape index (κ3) is 3.77. The lowest BCUT2D eigenvalue weighted by molar-refractivity contribution is -0.140. The Morgan fingerprint density at radius 1 is 1.29 bits per heavy atom. The van der Waals surface area contributed by atoms with Crippen molar-refractivity contribution in [3.05, 3.63) is 53.0 Å². The number of hydrogen-bond acceptors (Lipinski definition) is 7. The summed E-state index contributed by atoms with van der Waals surface area (Å²) in [5.74, 6) is 1.23. The van der Waals surface area contributed by atoms with Crippen LogP contribution in [-0.2, 0) is 16.0 Å². The van der Waals surface area contributed by atoms with Crippen molar-refractivity contribution in [1.82, 2.24) is 15.1 Å². The van der Waals surface area contributed by atoms with E-state index in [2.05, 4.69) is 35.8 Å². The van der Waals surface area contributed by atoms with Crippen LogP contribution in [0.3, 0.4) is 0 Å². The number of esters is 1. The molecule has 2 heterocycles. The second-order valence-corrected chi connectivity index (χ2v) is 5.53. The van der Waals surface area contributed by atoms with Gasteiger partial charge >= 0.3 is 5.97 Å². The molecule has 1 aromatic carbocycles. The number of pyridine rings is 1. The molecule has 0 bridgehead atoms. The molecule has 0 aliphatic carbocycles. The molecule has 0 aliphatic rings. The minimum Gasteiger partial charge on any atom is -0.469 e. The zero-order valence-electron chi connectivity index (χ0n) is 12.6. The molecule has 2 aromatic heterocycles. The van der Waals surface area contributed by atoms with Crippen LogP contribution in [0.2, 0.25) is 0 Å². The molecule has 7 nitrogen and oxygen atoms in total. The van der Waals surface area contributed by atoms with Crippen molar-refractivity contribution in [2.45, 2.75) is 6.42 Å². The van der Waals surface area contributed by atoms with Gasteiger partial charge < -0.3 is 14.0 Å². The highest BCUT2D eigenvalue weighted by Crippen LogP contribution is 2.31. The first-order chi connectivity index (χ1) is 11.7. The van der Waals surface area contributed by atoms with E-state index in [9.17, 15) is 4.79 Å². The Labute approximate surface area is 145 Å². The number of ether oxygens (including phenoxy) is 2. The highest BCUT2D eigenvalue weighted by atomic mass is 79.9.